The molecule has 1 aliphatic heterocycles. The Balaban J connectivity index is 1.97. The topological polar surface area (TPSA) is 62.2 Å². The Morgan fingerprint density at radius 1 is 1.13 bits per heavy atom. The van der Waals surface area contributed by atoms with Crippen molar-refractivity contribution in [3.05, 3.63) is 29.6 Å². The van der Waals surface area contributed by atoms with E-state index in [1.807, 2.05) is 25.7 Å². The van der Waals surface area contributed by atoms with Gasteiger partial charge in [0.1, 0.15) is 17.5 Å². The SMILES string of the molecule is CC(C)(C)OC(=O)N1CCN(c2ccc(C(O)CO[Si](C)(C)C(C)(C)C)cc2F)CC1. The van der Waals surface area contributed by atoms with Crippen molar-refractivity contribution >= 4 is 20.1 Å². The number of ether oxygens (including phenoxy) is 1. The van der Waals surface area contributed by atoms with Crippen LogP contribution in [0.5, 0.6) is 0 Å². The lowest BCUT2D eigenvalue weighted by atomic mass is 10.1. The highest BCUT2D eigenvalue weighted by molar-refractivity contribution is 6.74. The highest BCUT2D eigenvalue weighted by Crippen LogP contribution is 2.37. The summed E-state index contributed by atoms with van der Waals surface area (Å²) in [6.45, 7) is 18.3. The zero-order chi connectivity index (χ0) is 23.6. The van der Waals surface area contributed by atoms with Gasteiger partial charge in [-0.1, -0.05) is 26.8 Å². The number of carbonyl (C=O) groups excluding carboxylic acids is 1. The molecule has 1 fully saturated rings. The average molecular weight is 455 g/mol. The fourth-order valence-corrected chi connectivity index (χ4v) is 4.05. The van der Waals surface area contributed by atoms with E-state index in [0.29, 0.717) is 37.4 Å². The zero-order valence-electron chi connectivity index (χ0n) is 20.3. The molecule has 0 aromatic heterocycles. The monoisotopic (exact) mass is 454 g/mol. The number of halogens is 1. The number of amides is 1. The van der Waals surface area contributed by atoms with Crippen molar-refractivity contribution in [1.29, 1.82) is 0 Å². The minimum absolute atomic E-state index is 0.0449. The van der Waals surface area contributed by atoms with Gasteiger partial charge in [0.05, 0.1) is 12.3 Å². The van der Waals surface area contributed by atoms with Crippen LogP contribution >= 0.6 is 0 Å². The molecule has 1 heterocycles. The molecule has 31 heavy (non-hydrogen) atoms. The zero-order valence-corrected chi connectivity index (χ0v) is 21.3. The molecular weight excluding hydrogens is 415 g/mol. The van der Waals surface area contributed by atoms with Gasteiger partial charge in [-0.2, -0.15) is 0 Å². The van der Waals surface area contributed by atoms with Gasteiger partial charge in [-0.25, -0.2) is 9.18 Å². The second-order valence-electron chi connectivity index (χ2n) is 10.8. The van der Waals surface area contributed by atoms with Gasteiger partial charge in [0.25, 0.3) is 0 Å². The number of piperazine rings is 1. The van der Waals surface area contributed by atoms with Crippen LogP contribution in [0.3, 0.4) is 0 Å². The van der Waals surface area contributed by atoms with Crippen LogP contribution < -0.4 is 4.90 Å². The van der Waals surface area contributed by atoms with Crippen LogP contribution in [0.25, 0.3) is 0 Å². The van der Waals surface area contributed by atoms with Crippen LogP contribution in [-0.2, 0) is 9.16 Å². The lowest BCUT2D eigenvalue weighted by Crippen LogP contribution is -2.50. The second kappa shape index (κ2) is 9.46. The maximum absolute atomic E-state index is 14.8. The summed E-state index contributed by atoms with van der Waals surface area (Å²) in [5.74, 6) is -0.380. The van der Waals surface area contributed by atoms with E-state index in [0.717, 1.165) is 0 Å². The van der Waals surface area contributed by atoms with E-state index >= 15 is 0 Å². The molecule has 6 nitrogen and oxygen atoms in total. The van der Waals surface area contributed by atoms with E-state index < -0.39 is 20.0 Å². The first-order valence-corrected chi connectivity index (χ1v) is 13.9. The Bertz CT molecular complexity index is 766. The number of benzene rings is 1. The number of hydrogen-bond acceptors (Lipinski definition) is 5. The third kappa shape index (κ3) is 6.92. The van der Waals surface area contributed by atoms with Crippen molar-refractivity contribution in [3.8, 4) is 0 Å². The molecule has 1 aromatic rings. The summed E-state index contributed by atoms with van der Waals surface area (Å²) >= 11 is 0. The van der Waals surface area contributed by atoms with Crippen LogP contribution in [-0.4, -0.2) is 62.8 Å². The average Bonchev–Trinajstić information content (AvgIpc) is 2.64. The van der Waals surface area contributed by atoms with Gasteiger partial charge in [-0.3, -0.25) is 0 Å². The predicted octanol–water partition coefficient (Wildman–Crippen LogP) is 4.94. The molecule has 0 bridgehead atoms. The molecule has 0 radical (unpaired) electrons. The molecule has 0 saturated carbocycles. The van der Waals surface area contributed by atoms with Gasteiger partial charge < -0.3 is 24.1 Å². The lowest BCUT2D eigenvalue weighted by Gasteiger charge is -2.37. The van der Waals surface area contributed by atoms with E-state index in [-0.39, 0.29) is 23.6 Å². The molecule has 176 valence electrons. The molecule has 0 spiro atoms. The van der Waals surface area contributed by atoms with E-state index in [4.69, 9.17) is 9.16 Å². The first-order valence-electron chi connectivity index (χ1n) is 10.9. The summed E-state index contributed by atoms with van der Waals surface area (Å²) in [5.41, 5.74) is 0.447. The molecule has 1 saturated heterocycles. The summed E-state index contributed by atoms with van der Waals surface area (Å²) in [7, 11) is -1.99. The van der Waals surface area contributed by atoms with Crippen LogP contribution in [0.2, 0.25) is 18.1 Å². The minimum Gasteiger partial charge on any atom is -0.444 e. The molecular formula is C23H39FN2O4Si. The maximum Gasteiger partial charge on any atom is 0.410 e. The van der Waals surface area contributed by atoms with Crippen molar-refractivity contribution in [2.45, 2.75) is 71.4 Å². The van der Waals surface area contributed by atoms with Gasteiger partial charge in [-0.05, 0) is 56.6 Å². The molecule has 1 atom stereocenters. The number of aliphatic hydroxyl groups is 1. The third-order valence-electron chi connectivity index (χ3n) is 6.04. The van der Waals surface area contributed by atoms with Crippen LogP contribution in [0.4, 0.5) is 14.9 Å². The standard InChI is InChI=1S/C23H39FN2O4Si/c1-22(2,3)30-21(28)26-13-11-25(12-14-26)19-10-9-17(15-18(19)24)20(27)16-29-31(7,8)23(4,5)6/h9-10,15,20,27H,11-14,16H2,1-8H3. The highest BCUT2D eigenvalue weighted by Gasteiger charge is 2.37. The highest BCUT2D eigenvalue weighted by atomic mass is 28.4. The van der Waals surface area contributed by atoms with Gasteiger partial charge in [0.15, 0.2) is 8.32 Å². The fourth-order valence-electron chi connectivity index (χ4n) is 3.04. The van der Waals surface area contributed by atoms with E-state index in [2.05, 4.69) is 33.9 Å². The number of carbonyl (C=O) groups is 1. The maximum atomic E-state index is 14.8. The molecule has 1 N–H and O–H groups in total. The minimum atomic E-state index is -1.99. The summed E-state index contributed by atoms with van der Waals surface area (Å²) < 4.78 is 26.3. The Labute approximate surface area is 187 Å². The summed E-state index contributed by atoms with van der Waals surface area (Å²) in [4.78, 5) is 15.8. The molecule has 1 amide bonds. The van der Waals surface area contributed by atoms with Gasteiger partial charge in [-0.15, -0.1) is 0 Å². The van der Waals surface area contributed by atoms with Gasteiger partial charge >= 0.3 is 6.09 Å². The summed E-state index contributed by atoms with van der Waals surface area (Å²) in [6, 6.07) is 4.83. The van der Waals surface area contributed by atoms with Crippen molar-refractivity contribution in [1.82, 2.24) is 4.90 Å². The quantitative estimate of drug-likeness (QED) is 0.639. The molecule has 0 aliphatic carbocycles. The fraction of sp³-hybridized carbons (Fsp3) is 0.696. The van der Waals surface area contributed by atoms with Crippen molar-refractivity contribution in [3.63, 3.8) is 0 Å². The normalized spacial score (nSPS) is 17.0. The van der Waals surface area contributed by atoms with E-state index in [1.165, 1.54) is 6.07 Å². The molecule has 2 rings (SSSR count). The smallest absolute Gasteiger partial charge is 0.410 e. The van der Waals surface area contributed by atoms with Crippen LogP contribution in [0.1, 0.15) is 53.2 Å². The lowest BCUT2D eigenvalue weighted by molar-refractivity contribution is 0.0240. The predicted molar refractivity (Wildman–Crippen MR) is 125 cm³/mol. The Hall–Kier alpha value is -1.64. The van der Waals surface area contributed by atoms with Crippen LogP contribution in [0, 0.1) is 5.82 Å². The summed E-state index contributed by atoms with van der Waals surface area (Å²) in [6.07, 6.45) is -1.21. The summed E-state index contributed by atoms with van der Waals surface area (Å²) in [5, 5.41) is 10.6. The van der Waals surface area contributed by atoms with Gasteiger partial charge in [0.2, 0.25) is 0 Å². The van der Waals surface area contributed by atoms with E-state index in [1.54, 1.807) is 17.0 Å². The first-order chi connectivity index (χ1) is 14.1. The molecule has 1 aromatic carbocycles. The van der Waals surface area contributed by atoms with Crippen molar-refractivity contribution in [2.24, 2.45) is 0 Å². The number of anilines is 1. The van der Waals surface area contributed by atoms with Crippen LogP contribution in [0.15, 0.2) is 18.2 Å². The number of nitrogens with zero attached hydrogens (tertiary/aromatic N) is 2. The van der Waals surface area contributed by atoms with E-state index in [9.17, 15) is 14.3 Å². The second-order valence-corrected chi connectivity index (χ2v) is 15.6. The Morgan fingerprint density at radius 2 is 1.71 bits per heavy atom. The van der Waals surface area contributed by atoms with Crippen molar-refractivity contribution in [2.75, 3.05) is 37.7 Å². The van der Waals surface area contributed by atoms with Crippen molar-refractivity contribution < 1.29 is 23.5 Å². The number of rotatable bonds is 5. The molecule has 1 unspecified atom stereocenters. The first kappa shape index (κ1) is 25.6. The third-order valence-corrected chi connectivity index (χ3v) is 10.5. The molecule has 1 aliphatic rings. The number of aliphatic hydroxyl groups excluding tert-OH is 1. The van der Waals surface area contributed by atoms with Gasteiger partial charge in [0, 0.05) is 26.2 Å². The Morgan fingerprint density at radius 3 is 2.19 bits per heavy atom. The molecule has 8 heteroatoms. The number of hydrogen-bond donors (Lipinski definition) is 1. The largest absolute Gasteiger partial charge is 0.444 e. The Kier molecular flexibility index (Phi) is 7.82.